The number of carbonyl (C=O) groups is 2. The summed E-state index contributed by atoms with van der Waals surface area (Å²) in [5, 5.41) is 9.71. The number of hydrogen-bond donors (Lipinski definition) is 1. The average Bonchev–Trinajstić information content (AvgIpc) is 3.33. The Kier molecular flexibility index (Phi) is 10.2. The van der Waals surface area contributed by atoms with Gasteiger partial charge >= 0.3 is 11.9 Å². The van der Waals surface area contributed by atoms with Crippen molar-refractivity contribution in [3.63, 3.8) is 0 Å². The predicted octanol–water partition coefficient (Wildman–Crippen LogP) is 5.35. The Morgan fingerprint density at radius 1 is 1.11 bits per heavy atom. The molecule has 46 heavy (non-hydrogen) atoms. The third-order valence-electron chi connectivity index (χ3n) is 7.11. The number of allylic oxidation sites excluding steroid dienone is 1. The van der Waals surface area contributed by atoms with Crippen LogP contribution in [-0.2, 0) is 16.1 Å². The zero-order valence-electron chi connectivity index (χ0n) is 25.1. The lowest BCUT2D eigenvalue weighted by molar-refractivity contribution is -0.139. The van der Waals surface area contributed by atoms with Gasteiger partial charge in [0, 0.05) is 10.6 Å². The summed E-state index contributed by atoms with van der Waals surface area (Å²) in [6.45, 7) is 3.69. The molecule has 0 amide bonds. The van der Waals surface area contributed by atoms with E-state index in [1.54, 1.807) is 62.4 Å². The van der Waals surface area contributed by atoms with Gasteiger partial charge in [-0.25, -0.2) is 14.6 Å². The van der Waals surface area contributed by atoms with Crippen molar-refractivity contribution >= 4 is 63.5 Å². The molecule has 4 aromatic rings. The fourth-order valence-electron chi connectivity index (χ4n) is 5.07. The number of benzene rings is 3. The molecule has 0 saturated heterocycles. The van der Waals surface area contributed by atoms with Crippen LogP contribution in [0.1, 0.15) is 46.9 Å². The number of fused-ring (bicyclic) bond motifs is 1. The number of halogens is 2. The second-order valence-electron chi connectivity index (χ2n) is 10.0. The van der Waals surface area contributed by atoms with Crippen molar-refractivity contribution in [2.75, 3.05) is 20.8 Å². The lowest BCUT2D eigenvalue weighted by Crippen LogP contribution is -2.40. The molecule has 0 bridgehead atoms. The number of carbonyl (C=O) groups excluding carboxylic acids is 1. The van der Waals surface area contributed by atoms with E-state index < -0.39 is 18.0 Å². The summed E-state index contributed by atoms with van der Waals surface area (Å²) in [4.78, 5) is 43.7. The van der Waals surface area contributed by atoms with Gasteiger partial charge in [0.1, 0.15) is 18.4 Å². The second-order valence-corrected chi connectivity index (χ2v) is 12.6. The maximum Gasteiger partial charge on any atom is 0.338 e. The van der Waals surface area contributed by atoms with E-state index in [1.807, 2.05) is 6.07 Å². The molecule has 0 aliphatic carbocycles. The van der Waals surface area contributed by atoms with Crippen LogP contribution in [-0.4, -0.2) is 42.4 Å². The third-order valence-corrected chi connectivity index (χ3v) is 9.13. The molecule has 13 heteroatoms. The maximum atomic E-state index is 14.1. The van der Waals surface area contributed by atoms with Crippen LogP contribution in [0.5, 0.6) is 17.2 Å². The molecule has 2 heterocycles. The van der Waals surface area contributed by atoms with Crippen molar-refractivity contribution in [2.24, 2.45) is 4.99 Å². The van der Waals surface area contributed by atoms with Gasteiger partial charge in [-0.2, -0.15) is 0 Å². The number of thiazole rings is 1. The normalized spacial score (nSPS) is 14.4. The summed E-state index contributed by atoms with van der Waals surface area (Å²) in [6, 6.07) is 14.2. The molecule has 0 spiro atoms. The number of methoxy groups -OCH3 is 2. The molecule has 10 nitrogen and oxygen atoms in total. The van der Waals surface area contributed by atoms with E-state index in [1.165, 1.54) is 36.2 Å². The Bertz CT molecular complexity index is 2070. The SMILES string of the molecule is CCOC(=O)C1=C(C)N=c2s/c(=C/c3cc(I)c(OCc4cccc(C(=O)O)c4)c(OC)c3)c(=O)n2[C@H]1c1cc(Cl)ccc1OC. The van der Waals surface area contributed by atoms with Gasteiger partial charge in [-0.05, 0) is 96.1 Å². The van der Waals surface area contributed by atoms with Gasteiger partial charge in [-0.15, -0.1) is 0 Å². The third kappa shape index (κ3) is 6.69. The fourth-order valence-corrected chi connectivity index (χ4v) is 7.08. The molecule has 1 aliphatic heterocycles. The summed E-state index contributed by atoms with van der Waals surface area (Å²) in [6.07, 6.45) is 1.73. The summed E-state index contributed by atoms with van der Waals surface area (Å²) < 4.78 is 25.2. The van der Waals surface area contributed by atoms with E-state index in [0.717, 1.165) is 0 Å². The highest BCUT2D eigenvalue weighted by Gasteiger charge is 2.35. The molecule has 1 aromatic heterocycles. The number of ether oxygens (including phenoxy) is 4. The largest absolute Gasteiger partial charge is 0.496 e. The first-order valence-electron chi connectivity index (χ1n) is 13.9. The van der Waals surface area contributed by atoms with Gasteiger partial charge in [0.25, 0.3) is 5.56 Å². The van der Waals surface area contributed by atoms with Crippen molar-refractivity contribution < 1.29 is 33.6 Å². The van der Waals surface area contributed by atoms with Crippen LogP contribution in [0.25, 0.3) is 6.08 Å². The minimum absolute atomic E-state index is 0.126. The van der Waals surface area contributed by atoms with Gasteiger partial charge < -0.3 is 24.1 Å². The second kappa shape index (κ2) is 14.1. The lowest BCUT2D eigenvalue weighted by Gasteiger charge is -2.26. The zero-order valence-corrected chi connectivity index (χ0v) is 28.9. The number of carboxylic acid groups (broad SMARTS) is 1. The topological polar surface area (TPSA) is 126 Å². The number of esters is 1. The highest BCUT2D eigenvalue weighted by Crippen LogP contribution is 2.38. The van der Waals surface area contributed by atoms with Crippen LogP contribution in [0, 0.1) is 3.57 Å². The minimum Gasteiger partial charge on any atom is -0.496 e. The van der Waals surface area contributed by atoms with Crippen molar-refractivity contribution in [2.45, 2.75) is 26.5 Å². The van der Waals surface area contributed by atoms with E-state index in [9.17, 15) is 19.5 Å². The average molecular weight is 775 g/mol. The molecule has 238 valence electrons. The number of carboxylic acids is 1. The first kappa shape index (κ1) is 33.2. The van der Waals surface area contributed by atoms with Crippen LogP contribution in [0.4, 0.5) is 0 Å². The molecular weight excluding hydrogens is 747 g/mol. The van der Waals surface area contributed by atoms with Gasteiger partial charge in [0.05, 0.1) is 45.8 Å². The lowest BCUT2D eigenvalue weighted by atomic mass is 9.95. The van der Waals surface area contributed by atoms with Crippen molar-refractivity contribution in [3.05, 3.63) is 116 Å². The van der Waals surface area contributed by atoms with E-state index in [0.29, 0.717) is 57.6 Å². The number of nitrogens with zero attached hydrogens (tertiary/aromatic N) is 2. The van der Waals surface area contributed by atoms with Gasteiger partial charge in [-0.3, -0.25) is 9.36 Å². The summed E-state index contributed by atoms with van der Waals surface area (Å²) >= 11 is 9.69. The predicted molar refractivity (Wildman–Crippen MR) is 182 cm³/mol. The van der Waals surface area contributed by atoms with Crippen LogP contribution in [0.2, 0.25) is 5.02 Å². The number of aromatic nitrogens is 1. The Labute approximate surface area is 286 Å². The van der Waals surface area contributed by atoms with Crippen LogP contribution in [0.15, 0.2) is 75.7 Å². The van der Waals surface area contributed by atoms with Gasteiger partial charge in [-0.1, -0.05) is 35.1 Å². The van der Waals surface area contributed by atoms with Crippen molar-refractivity contribution in [3.8, 4) is 17.2 Å². The minimum atomic E-state index is -1.02. The highest BCUT2D eigenvalue weighted by atomic mass is 127. The number of rotatable bonds is 10. The molecular formula is C33H28ClIN2O8S. The standard InChI is InChI=1S/C33H28ClIN2O8S/c1-5-44-32(41)27-17(2)36-33-37(28(27)22-15-21(34)9-10-24(22)42-3)30(38)26(46-33)14-19-12-23(35)29(25(13-19)43-4)45-16-18-7-6-8-20(11-18)31(39)40/h6-15,28H,5,16H2,1-4H3,(H,39,40)/b26-14+/t28-/m0/s1. The molecule has 0 fully saturated rings. The summed E-state index contributed by atoms with van der Waals surface area (Å²) in [5.41, 5.74) is 2.32. The van der Waals surface area contributed by atoms with E-state index in [2.05, 4.69) is 27.6 Å². The zero-order chi connectivity index (χ0) is 33.1. The van der Waals surface area contributed by atoms with Crippen molar-refractivity contribution in [1.29, 1.82) is 0 Å². The first-order valence-corrected chi connectivity index (χ1v) is 16.2. The Balaban J connectivity index is 1.59. The molecule has 1 N–H and O–H groups in total. The van der Waals surface area contributed by atoms with E-state index in [-0.39, 0.29) is 29.9 Å². The molecule has 0 unspecified atom stereocenters. The van der Waals surface area contributed by atoms with Crippen LogP contribution >= 0.6 is 45.5 Å². The Morgan fingerprint density at radius 3 is 2.57 bits per heavy atom. The molecule has 5 rings (SSSR count). The first-order chi connectivity index (χ1) is 22.1. The molecule has 1 atom stereocenters. The van der Waals surface area contributed by atoms with Crippen LogP contribution < -0.4 is 29.1 Å². The molecule has 3 aromatic carbocycles. The number of aromatic carboxylic acids is 1. The van der Waals surface area contributed by atoms with Gasteiger partial charge in [0.2, 0.25) is 0 Å². The highest BCUT2D eigenvalue weighted by molar-refractivity contribution is 14.1. The Hall–Kier alpha value is -4.14. The van der Waals surface area contributed by atoms with Crippen LogP contribution in [0.3, 0.4) is 0 Å². The van der Waals surface area contributed by atoms with Gasteiger partial charge in [0.15, 0.2) is 16.3 Å². The maximum absolute atomic E-state index is 14.1. The molecule has 0 saturated carbocycles. The van der Waals surface area contributed by atoms with Crippen molar-refractivity contribution in [1.82, 2.24) is 4.57 Å². The summed E-state index contributed by atoms with van der Waals surface area (Å²) in [7, 11) is 3.02. The smallest absolute Gasteiger partial charge is 0.338 e. The molecule has 0 radical (unpaired) electrons. The Morgan fingerprint density at radius 2 is 1.87 bits per heavy atom. The summed E-state index contributed by atoms with van der Waals surface area (Å²) in [5.74, 6) is -0.249. The quantitative estimate of drug-likeness (QED) is 0.169. The monoisotopic (exact) mass is 774 g/mol. The molecule has 1 aliphatic rings. The fraction of sp³-hybridized carbons (Fsp3) is 0.212. The van der Waals surface area contributed by atoms with E-state index in [4.69, 9.17) is 30.5 Å². The van der Waals surface area contributed by atoms with E-state index >= 15 is 0 Å². The number of hydrogen-bond acceptors (Lipinski definition) is 9.